The Kier molecular flexibility index (Phi) is 6.20. The molecule has 3 rings (SSSR count). The Hall–Kier alpha value is -3.21. The molecule has 198 valence electrons. The van der Waals surface area contributed by atoms with Crippen LogP contribution in [0.25, 0.3) is 11.1 Å². The quantitative estimate of drug-likeness (QED) is 0.226. The fourth-order valence-electron chi connectivity index (χ4n) is 2.99. The van der Waals surface area contributed by atoms with Gasteiger partial charge in [-0.3, -0.25) is 0 Å². The van der Waals surface area contributed by atoms with Crippen LogP contribution in [0, 0.1) is 0 Å². The van der Waals surface area contributed by atoms with Crippen molar-refractivity contribution < 1.29 is 72.1 Å². The fraction of sp³-hybridized carbons (Fsp3) is 0.316. The molecule has 17 heteroatoms. The predicted octanol–water partition coefficient (Wildman–Crippen LogP) is 5.90. The highest BCUT2D eigenvalue weighted by molar-refractivity contribution is 5.82. The lowest BCUT2D eigenvalue weighted by molar-refractivity contribution is -0.583. The molecule has 0 amide bonds. The number of morpholine rings is 1. The summed E-state index contributed by atoms with van der Waals surface area (Å²) in [7, 11) is 0. The van der Waals surface area contributed by atoms with Crippen molar-refractivity contribution in [2.45, 2.75) is 36.3 Å². The maximum Gasteiger partial charge on any atom is 0.448 e. The number of alkyl halides is 12. The number of ether oxygens (including phenoxy) is 2. The van der Waals surface area contributed by atoms with Gasteiger partial charge in [0.05, 0.1) is 0 Å². The van der Waals surface area contributed by atoms with E-state index in [1.165, 1.54) is 24.3 Å². The molecule has 1 atom stereocenters. The number of carbonyl (C=O) groups is 1. The van der Waals surface area contributed by atoms with Gasteiger partial charge in [0.15, 0.2) is 0 Å². The number of phenolic OH excluding ortho intramolecular Hbond substituents is 1. The molecule has 2 aromatic carbocycles. The van der Waals surface area contributed by atoms with Crippen LogP contribution in [-0.4, -0.2) is 52.3 Å². The van der Waals surface area contributed by atoms with Gasteiger partial charge in [0, 0.05) is 0 Å². The van der Waals surface area contributed by atoms with Crippen molar-refractivity contribution in [1.82, 2.24) is 4.90 Å². The Balaban J connectivity index is 2.05. The van der Waals surface area contributed by atoms with Crippen molar-refractivity contribution >= 4 is 5.97 Å². The van der Waals surface area contributed by atoms with Crippen LogP contribution in [0.5, 0.6) is 11.5 Å². The van der Waals surface area contributed by atoms with E-state index in [2.05, 4.69) is 4.74 Å². The minimum absolute atomic E-state index is 0.149. The van der Waals surface area contributed by atoms with E-state index >= 15 is 0 Å². The first-order chi connectivity index (χ1) is 16.2. The fourth-order valence-corrected chi connectivity index (χ4v) is 2.99. The highest BCUT2D eigenvalue weighted by Crippen LogP contribution is 2.60. The molecule has 2 aromatic rings. The Morgan fingerprint density at radius 2 is 1.14 bits per heavy atom. The van der Waals surface area contributed by atoms with Crippen LogP contribution < -0.4 is 4.74 Å². The molecular weight excluding hydrogens is 534 g/mol. The second-order valence-corrected chi connectivity index (χ2v) is 7.13. The van der Waals surface area contributed by atoms with Gasteiger partial charge in [-0.05, 0) is 35.4 Å². The topological polar surface area (TPSA) is 59.0 Å². The van der Waals surface area contributed by atoms with Gasteiger partial charge in [0.25, 0.3) is 0 Å². The number of aromatic hydroxyl groups is 1. The molecular formula is C19H9F12NO4. The zero-order chi connectivity index (χ0) is 27.5. The van der Waals surface area contributed by atoms with Crippen molar-refractivity contribution in [1.29, 1.82) is 0 Å². The van der Waals surface area contributed by atoms with E-state index in [1.54, 1.807) is 0 Å². The Labute approximate surface area is 191 Å². The van der Waals surface area contributed by atoms with Crippen molar-refractivity contribution in [2.24, 2.45) is 0 Å². The molecule has 1 fully saturated rings. The smallest absolute Gasteiger partial charge is 0.448 e. The number of phenols is 1. The lowest BCUT2D eigenvalue weighted by atomic mass is 10.1. The summed E-state index contributed by atoms with van der Waals surface area (Å²) in [6.45, 7) is 0. The third kappa shape index (κ3) is 4.08. The van der Waals surface area contributed by atoms with E-state index in [9.17, 15) is 62.6 Å². The van der Waals surface area contributed by atoms with Crippen molar-refractivity contribution in [3.05, 3.63) is 48.5 Å². The first kappa shape index (κ1) is 27.4. The normalized spacial score (nSPS) is 22.4. The molecule has 0 aliphatic carbocycles. The van der Waals surface area contributed by atoms with Crippen LogP contribution >= 0.6 is 0 Å². The van der Waals surface area contributed by atoms with Crippen LogP contribution in [0.15, 0.2) is 48.5 Å². The SMILES string of the molecule is O=C(Oc1ccc(-c2ccc(O)cc2)cc1)[C@](F)(N1C(F)(F)C(F)(F)OC(F)(F)C1(F)F)C(F)(F)F. The van der Waals surface area contributed by atoms with Crippen molar-refractivity contribution in [3.8, 4) is 22.6 Å². The molecule has 1 saturated heterocycles. The number of hydrogen-bond donors (Lipinski definition) is 1. The van der Waals surface area contributed by atoms with Gasteiger partial charge in [-0.2, -0.15) is 48.3 Å². The summed E-state index contributed by atoms with van der Waals surface area (Å²) in [4.78, 5) is 8.38. The van der Waals surface area contributed by atoms with E-state index in [4.69, 9.17) is 0 Å². The van der Waals surface area contributed by atoms with Gasteiger partial charge >= 0.3 is 42.2 Å². The second kappa shape index (κ2) is 8.16. The summed E-state index contributed by atoms with van der Waals surface area (Å²) in [5.74, 6) is -11.9. The maximum atomic E-state index is 14.9. The highest BCUT2D eigenvalue weighted by Gasteiger charge is 2.91. The summed E-state index contributed by atoms with van der Waals surface area (Å²) in [5.41, 5.74) is 0.584. The Bertz CT molecular complexity index is 1110. The standard InChI is InChI=1S/C19H9F12NO4/c20-14(15(21,22)23,32-16(24,25)18(28,29)36-19(30,31)17(32,26)27)13(34)35-12-7-3-10(4-8-12)9-1-5-11(33)6-2-9/h1-8,33H/t14-/m0/s1. The molecule has 0 bridgehead atoms. The number of esters is 1. The zero-order valence-electron chi connectivity index (χ0n) is 16.8. The number of nitrogens with zero attached hydrogens (tertiary/aromatic N) is 1. The van der Waals surface area contributed by atoms with Gasteiger partial charge in [-0.1, -0.05) is 24.3 Å². The van der Waals surface area contributed by atoms with E-state index in [0.29, 0.717) is 17.7 Å². The second-order valence-electron chi connectivity index (χ2n) is 7.13. The van der Waals surface area contributed by atoms with Crippen LogP contribution in [0.3, 0.4) is 0 Å². The molecule has 1 aliphatic rings. The van der Waals surface area contributed by atoms with E-state index in [1.807, 2.05) is 4.74 Å². The van der Waals surface area contributed by atoms with Gasteiger partial charge < -0.3 is 9.84 Å². The molecule has 0 unspecified atom stereocenters. The van der Waals surface area contributed by atoms with Crippen LogP contribution in [0.2, 0.25) is 0 Å². The Morgan fingerprint density at radius 1 is 0.750 bits per heavy atom. The number of rotatable bonds is 4. The van der Waals surface area contributed by atoms with E-state index in [0.717, 1.165) is 12.1 Å². The number of carbonyl (C=O) groups excluding carboxylic acids is 1. The maximum absolute atomic E-state index is 14.9. The lowest BCUT2D eigenvalue weighted by Gasteiger charge is -2.50. The van der Waals surface area contributed by atoms with Crippen LogP contribution in [0.1, 0.15) is 0 Å². The molecule has 0 saturated carbocycles. The molecule has 5 nitrogen and oxygen atoms in total. The molecule has 0 radical (unpaired) electrons. The number of benzene rings is 2. The molecule has 36 heavy (non-hydrogen) atoms. The van der Waals surface area contributed by atoms with Gasteiger partial charge in [0.1, 0.15) is 11.5 Å². The predicted molar refractivity (Wildman–Crippen MR) is 91.8 cm³/mol. The number of hydrogen-bond acceptors (Lipinski definition) is 5. The summed E-state index contributed by atoms with van der Waals surface area (Å²) in [6.07, 6.45) is -20.9. The Morgan fingerprint density at radius 3 is 1.53 bits per heavy atom. The first-order valence-corrected chi connectivity index (χ1v) is 9.08. The molecule has 0 aromatic heterocycles. The third-order valence-electron chi connectivity index (χ3n) is 4.74. The summed E-state index contributed by atoms with van der Waals surface area (Å²) >= 11 is 0. The van der Waals surface area contributed by atoms with E-state index < -0.39 is 52.9 Å². The monoisotopic (exact) mass is 543 g/mol. The minimum Gasteiger partial charge on any atom is -0.508 e. The summed E-state index contributed by atoms with van der Waals surface area (Å²) in [6, 6.07) is -5.95. The van der Waals surface area contributed by atoms with Crippen LogP contribution in [0.4, 0.5) is 52.7 Å². The van der Waals surface area contributed by atoms with Crippen molar-refractivity contribution in [2.75, 3.05) is 0 Å². The summed E-state index contributed by atoms with van der Waals surface area (Å²) < 4.78 is 170. The van der Waals surface area contributed by atoms with E-state index in [-0.39, 0.29) is 11.3 Å². The first-order valence-electron chi connectivity index (χ1n) is 9.08. The highest BCUT2D eigenvalue weighted by atomic mass is 19.4. The molecule has 1 N–H and O–H groups in total. The summed E-state index contributed by atoms with van der Waals surface area (Å²) in [5, 5.41) is 9.24. The minimum atomic E-state index is -7.24. The molecule has 1 heterocycles. The van der Waals surface area contributed by atoms with Gasteiger partial charge in [-0.25, -0.2) is 13.9 Å². The van der Waals surface area contributed by atoms with Gasteiger partial charge in [0.2, 0.25) is 0 Å². The zero-order valence-corrected chi connectivity index (χ0v) is 16.8. The largest absolute Gasteiger partial charge is 0.508 e. The average Bonchev–Trinajstić information content (AvgIpc) is 2.72. The average molecular weight is 543 g/mol. The third-order valence-corrected chi connectivity index (χ3v) is 4.74. The molecule has 1 aliphatic heterocycles. The number of halogens is 12. The van der Waals surface area contributed by atoms with Crippen LogP contribution in [-0.2, 0) is 9.53 Å². The van der Waals surface area contributed by atoms with Gasteiger partial charge in [-0.15, -0.1) is 4.90 Å². The van der Waals surface area contributed by atoms with Crippen molar-refractivity contribution in [3.63, 3.8) is 0 Å². The molecule has 0 spiro atoms. The lowest BCUT2D eigenvalue weighted by Crippen LogP contribution is -2.82.